The highest BCUT2D eigenvalue weighted by molar-refractivity contribution is 5.88. The van der Waals surface area contributed by atoms with Gasteiger partial charge in [0.1, 0.15) is 0 Å². The Morgan fingerprint density at radius 3 is 2.30 bits per heavy atom. The average Bonchev–Trinajstić information content (AvgIpc) is 2.77. The van der Waals surface area contributed by atoms with E-state index in [1.165, 1.54) is 22.1 Å². The second kappa shape index (κ2) is 4.48. The Morgan fingerprint density at radius 2 is 1.65 bits per heavy atom. The quantitative estimate of drug-likeness (QED) is 0.631. The van der Waals surface area contributed by atoms with Crippen LogP contribution in [0.1, 0.15) is 26.3 Å². The first-order chi connectivity index (χ1) is 9.45. The fourth-order valence-electron chi connectivity index (χ4n) is 2.66. The van der Waals surface area contributed by atoms with Gasteiger partial charge in [0.15, 0.2) is 0 Å². The molecular formula is C18H20N2. The molecule has 3 rings (SSSR count). The minimum Gasteiger partial charge on any atom is -0.275 e. The SMILES string of the molecule is Cn1cc2c(C(C)(C)C)cc(-c3ccccc3)cc2n1. The molecule has 2 nitrogen and oxygen atoms in total. The van der Waals surface area contributed by atoms with Gasteiger partial charge in [0.05, 0.1) is 5.52 Å². The van der Waals surface area contributed by atoms with Crippen molar-refractivity contribution in [3.8, 4) is 11.1 Å². The van der Waals surface area contributed by atoms with Crippen LogP contribution in [-0.2, 0) is 12.5 Å². The van der Waals surface area contributed by atoms with Crippen LogP contribution >= 0.6 is 0 Å². The highest BCUT2D eigenvalue weighted by Crippen LogP contribution is 2.34. The minimum atomic E-state index is 0.103. The van der Waals surface area contributed by atoms with E-state index in [1.54, 1.807) is 0 Å². The van der Waals surface area contributed by atoms with Crippen LogP contribution in [0.4, 0.5) is 0 Å². The zero-order valence-electron chi connectivity index (χ0n) is 12.5. The molecule has 0 fully saturated rings. The zero-order chi connectivity index (χ0) is 14.3. The van der Waals surface area contributed by atoms with E-state index < -0.39 is 0 Å². The summed E-state index contributed by atoms with van der Waals surface area (Å²) >= 11 is 0. The lowest BCUT2D eigenvalue weighted by atomic mass is 9.83. The number of hydrogen-bond donors (Lipinski definition) is 0. The number of benzene rings is 2. The lowest BCUT2D eigenvalue weighted by Crippen LogP contribution is -2.11. The van der Waals surface area contributed by atoms with Crippen molar-refractivity contribution in [3.05, 3.63) is 54.2 Å². The van der Waals surface area contributed by atoms with Crippen LogP contribution in [0.2, 0.25) is 0 Å². The van der Waals surface area contributed by atoms with Crippen molar-refractivity contribution < 1.29 is 0 Å². The number of rotatable bonds is 1. The molecule has 1 heterocycles. The molecule has 102 valence electrons. The number of fused-ring (bicyclic) bond motifs is 1. The molecule has 0 unspecified atom stereocenters. The highest BCUT2D eigenvalue weighted by atomic mass is 15.2. The zero-order valence-corrected chi connectivity index (χ0v) is 12.5. The van der Waals surface area contributed by atoms with Gasteiger partial charge in [-0.3, -0.25) is 4.68 Å². The molecule has 0 aliphatic rings. The molecule has 0 aliphatic heterocycles. The van der Waals surface area contributed by atoms with Crippen molar-refractivity contribution in [1.82, 2.24) is 9.78 Å². The molecule has 0 atom stereocenters. The lowest BCUT2D eigenvalue weighted by Gasteiger charge is -2.21. The van der Waals surface area contributed by atoms with E-state index in [1.807, 2.05) is 17.8 Å². The number of aromatic nitrogens is 2. The third-order valence-corrected chi connectivity index (χ3v) is 3.65. The van der Waals surface area contributed by atoms with Crippen molar-refractivity contribution in [2.75, 3.05) is 0 Å². The predicted molar refractivity (Wildman–Crippen MR) is 84.9 cm³/mol. The van der Waals surface area contributed by atoms with Crippen LogP contribution in [0.25, 0.3) is 22.0 Å². The Hall–Kier alpha value is -2.09. The Morgan fingerprint density at radius 1 is 0.950 bits per heavy atom. The third kappa shape index (κ3) is 2.22. The summed E-state index contributed by atoms with van der Waals surface area (Å²) in [5.41, 5.74) is 5.00. The number of hydrogen-bond acceptors (Lipinski definition) is 1. The van der Waals surface area contributed by atoms with Crippen molar-refractivity contribution in [2.45, 2.75) is 26.2 Å². The molecule has 0 amide bonds. The molecule has 0 radical (unpaired) electrons. The Balaban J connectivity index is 2.31. The first kappa shape index (κ1) is 12.9. The van der Waals surface area contributed by atoms with Gasteiger partial charge in [0.2, 0.25) is 0 Å². The summed E-state index contributed by atoms with van der Waals surface area (Å²) in [6.45, 7) is 6.76. The smallest absolute Gasteiger partial charge is 0.0932 e. The second-order valence-corrected chi connectivity index (χ2v) is 6.38. The maximum Gasteiger partial charge on any atom is 0.0932 e. The molecule has 0 bridgehead atoms. The number of nitrogens with zero attached hydrogens (tertiary/aromatic N) is 2. The Kier molecular flexibility index (Phi) is 2.89. The van der Waals surface area contributed by atoms with E-state index in [9.17, 15) is 0 Å². The Bertz CT molecular complexity index is 746. The first-order valence-corrected chi connectivity index (χ1v) is 6.98. The van der Waals surface area contributed by atoms with Gasteiger partial charge < -0.3 is 0 Å². The predicted octanol–water partition coefficient (Wildman–Crippen LogP) is 4.54. The van der Waals surface area contributed by atoms with Crippen LogP contribution in [0.15, 0.2) is 48.7 Å². The van der Waals surface area contributed by atoms with E-state index in [-0.39, 0.29) is 5.41 Å². The van der Waals surface area contributed by atoms with Gasteiger partial charge in [0, 0.05) is 18.6 Å². The average molecular weight is 264 g/mol. The van der Waals surface area contributed by atoms with Crippen molar-refractivity contribution in [1.29, 1.82) is 0 Å². The van der Waals surface area contributed by atoms with Gasteiger partial charge in [-0.25, -0.2) is 0 Å². The maximum atomic E-state index is 4.59. The summed E-state index contributed by atoms with van der Waals surface area (Å²) in [7, 11) is 1.98. The maximum absolute atomic E-state index is 4.59. The largest absolute Gasteiger partial charge is 0.275 e. The molecule has 0 saturated carbocycles. The molecule has 2 heteroatoms. The van der Waals surface area contributed by atoms with Gasteiger partial charge in [-0.1, -0.05) is 51.1 Å². The molecule has 2 aromatic carbocycles. The molecule has 0 N–H and O–H groups in total. The topological polar surface area (TPSA) is 17.8 Å². The summed E-state index contributed by atoms with van der Waals surface area (Å²) in [6.07, 6.45) is 2.12. The summed E-state index contributed by atoms with van der Waals surface area (Å²) < 4.78 is 1.90. The third-order valence-electron chi connectivity index (χ3n) is 3.65. The minimum absolute atomic E-state index is 0.103. The van der Waals surface area contributed by atoms with E-state index in [0.717, 1.165) is 5.52 Å². The molecular weight excluding hydrogens is 244 g/mol. The molecule has 1 aromatic heterocycles. The van der Waals surface area contributed by atoms with Gasteiger partial charge in [0.25, 0.3) is 0 Å². The first-order valence-electron chi connectivity index (χ1n) is 6.98. The van der Waals surface area contributed by atoms with Gasteiger partial charge in [-0.2, -0.15) is 5.10 Å². The summed E-state index contributed by atoms with van der Waals surface area (Å²) in [5.74, 6) is 0. The van der Waals surface area contributed by atoms with Crippen LogP contribution in [0.5, 0.6) is 0 Å². The number of aryl methyl sites for hydroxylation is 1. The van der Waals surface area contributed by atoms with E-state index in [4.69, 9.17) is 0 Å². The van der Waals surface area contributed by atoms with Gasteiger partial charge in [-0.15, -0.1) is 0 Å². The Labute approximate surface area is 120 Å². The van der Waals surface area contributed by atoms with Crippen molar-refractivity contribution in [3.63, 3.8) is 0 Å². The van der Waals surface area contributed by atoms with Crippen LogP contribution in [-0.4, -0.2) is 9.78 Å². The van der Waals surface area contributed by atoms with Crippen molar-refractivity contribution >= 4 is 10.9 Å². The highest BCUT2D eigenvalue weighted by Gasteiger charge is 2.19. The second-order valence-electron chi connectivity index (χ2n) is 6.38. The molecule has 0 saturated heterocycles. The summed E-state index contributed by atoms with van der Waals surface area (Å²) in [6, 6.07) is 15.0. The standard InChI is InChI=1S/C18H20N2/c1-18(2,3)16-10-14(13-8-6-5-7-9-13)11-17-15(16)12-20(4)19-17/h5-12H,1-4H3. The van der Waals surface area contributed by atoms with Crippen LogP contribution in [0.3, 0.4) is 0 Å². The molecule has 0 spiro atoms. The molecule has 20 heavy (non-hydrogen) atoms. The lowest BCUT2D eigenvalue weighted by molar-refractivity contribution is 0.596. The monoisotopic (exact) mass is 264 g/mol. The van der Waals surface area contributed by atoms with Crippen LogP contribution in [0, 0.1) is 0 Å². The summed E-state index contributed by atoms with van der Waals surface area (Å²) in [4.78, 5) is 0. The fourth-order valence-corrected chi connectivity index (χ4v) is 2.66. The van der Waals surface area contributed by atoms with Gasteiger partial charge >= 0.3 is 0 Å². The summed E-state index contributed by atoms with van der Waals surface area (Å²) in [5, 5.41) is 5.84. The van der Waals surface area contributed by atoms with Gasteiger partial charge in [-0.05, 0) is 34.2 Å². The normalized spacial score (nSPS) is 12.0. The van der Waals surface area contributed by atoms with E-state index >= 15 is 0 Å². The van der Waals surface area contributed by atoms with E-state index in [0.29, 0.717) is 0 Å². The van der Waals surface area contributed by atoms with Crippen LogP contribution < -0.4 is 0 Å². The molecule has 3 aromatic rings. The molecule has 0 aliphatic carbocycles. The fraction of sp³-hybridized carbons (Fsp3) is 0.278. The van der Waals surface area contributed by atoms with E-state index in [2.05, 4.69) is 68.5 Å². The van der Waals surface area contributed by atoms with Crippen molar-refractivity contribution in [2.24, 2.45) is 7.05 Å².